The van der Waals surface area contributed by atoms with Crippen molar-refractivity contribution in [2.24, 2.45) is 11.1 Å². The molecule has 19 heavy (non-hydrogen) atoms. The summed E-state index contributed by atoms with van der Waals surface area (Å²) in [6.07, 6.45) is 1.03. The Hall–Kier alpha value is -1.24. The Bertz CT molecular complexity index is 375. The van der Waals surface area contributed by atoms with Gasteiger partial charge in [0, 0.05) is 12.2 Å². The van der Waals surface area contributed by atoms with Crippen LogP contribution < -0.4 is 5.73 Å². The highest BCUT2D eigenvalue weighted by Gasteiger charge is 2.55. The molecule has 0 aromatic heterocycles. The van der Waals surface area contributed by atoms with Crippen LogP contribution in [0.5, 0.6) is 0 Å². The number of ether oxygens (including phenoxy) is 2. The molecule has 0 aromatic rings. The van der Waals surface area contributed by atoms with Gasteiger partial charge in [-0.05, 0) is 13.3 Å². The van der Waals surface area contributed by atoms with E-state index in [-0.39, 0.29) is 11.8 Å². The number of rotatable bonds is 6. The van der Waals surface area contributed by atoms with Crippen molar-refractivity contribution in [1.29, 1.82) is 5.41 Å². The van der Waals surface area contributed by atoms with E-state index in [0.717, 1.165) is 11.8 Å². The average Bonchev–Trinajstić information content (AvgIpc) is 2.66. The molecule has 1 rings (SSSR count). The van der Waals surface area contributed by atoms with Gasteiger partial charge in [0.2, 0.25) is 0 Å². The fourth-order valence-corrected chi connectivity index (χ4v) is 2.77. The molecule has 1 saturated heterocycles. The highest BCUT2D eigenvalue weighted by atomic mass is 32.2. The van der Waals surface area contributed by atoms with Gasteiger partial charge in [0.05, 0.1) is 6.61 Å². The van der Waals surface area contributed by atoms with Crippen LogP contribution in [0, 0.1) is 10.8 Å². The molecule has 1 aliphatic heterocycles. The van der Waals surface area contributed by atoms with Crippen LogP contribution >= 0.6 is 11.8 Å². The summed E-state index contributed by atoms with van der Waals surface area (Å²) in [4.78, 5) is 24.1. The van der Waals surface area contributed by atoms with Crippen LogP contribution in [-0.2, 0) is 19.1 Å². The summed E-state index contributed by atoms with van der Waals surface area (Å²) in [7, 11) is 0. The molecule has 2 atom stereocenters. The van der Waals surface area contributed by atoms with E-state index in [4.69, 9.17) is 20.6 Å². The van der Waals surface area contributed by atoms with Crippen LogP contribution in [0.4, 0.5) is 0 Å². The number of thioether (sulfide) groups is 1. The predicted molar refractivity (Wildman–Crippen MR) is 72.8 cm³/mol. The van der Waals surface area contributed by atoms with E-state index in [1.165, 1.54) is 0 Å². The van der Waals surface area contributed by atoms with Gasteiger partial charge in [-0.3, -0.25) is 15.0 Å². The molecule has 7 heteroatoms. The highest BCUT2D eigenvalue weighted by molar-refractivity contribution is 8.13. The van der Waals surface area contributed by atoms with Crippen molar-refractivity contribution in [3.05, 3.63) is 0 Å². The van der Waals surface area contributed by atoms with Crippen molar-refractivity contribution in [1.82, 2.24) is 0 Å². The molecular formula is C12H20N2O4S. The lowest BCUT2D eigenvalue weighted by Crippen LogP contribution is -2.37. The minimum Gasteiger partial charge on any atom is -0.465 e. The summed E-state index contributed by atoms with van der Waals surface area (Å²) in [5.41, 5.74) is 4.08. The Kier molecular flexibility index (Phi) is 5.65. The summed E-state index contributed by atoms with van der Waals surface area (Å²) in [5.74, 6) is -0.620. The number of nitrogens with one attached hydrogen (secondary N) is 1. The van der Waals surface area contributed by atoms with Gasteiger partial charge < -0.3 is 15.2 Å². The molecule has 1 heterocycles. The van der Waals surface area contributed by atoms with Crippen molar-refractivity contribution in [3.8, 4) is 0 Å². The molecule has 0 aromatic carbocycles. The molecule has 0 saturated carbocycles. The zero-order valence-corrected chi connectivity index (χ0v) is 12.0. The maximum Gasteiger partial charge on any atom is 0.323 e. The third kappa shape index (κ3) is 3.62. The lowest BCUT2D eigenvalue weighted by Gasteiger charge is -2.21. The maximum atomic E-state index is 12.1. The lowest BCUT2D eigenvalue weighted by molar-refractivity contribution is -0.165. The van der Waals surface area contributed by atoms with Gasteiger partial charge in [0.15, 0.2) is 10.6 Å². The molecule has 0 spiro atoms. The molecule has 3 N–H and O–H groups in total. The lowest BCUT2D eigenvalue weighted by atomic mass is 9.80. The third-order valence-electron chi connectivity index (χ3n) is 3.01. The number of cyclic esters (lactones) is 1. The Balaban J connectivity index is 2.78. The first-order valence-electron chi connectivity index (χ1n) is 6.31. The first kappa shape index (κ1) is 15.8. The molecule has 0 unspecified atom stereocenters. The van der Waals surface area contributed by atoms with Crippen LogP contribution in [0.2, 0.25) is 0 Å². The number of hydrogen-bond donors (Lipinski definition) is 2. The highest BCUT2D eigenvalue weighted by Crippen LogP contribution is 2.40. The molecule has 1 fully saturated rings. The third-order valence-corrected chi connectivity index (χ3v) is 3.86. The second-order valence-electron chi connectivity index (χ2n) is 4.46. The van der Waals surface area contributed by atoms with Crippen molar-refractivity contribution in [2.75, 3.05) is 12.4 Å². The number of nitrogens with two attached hydrogens (primary N) is 1. The molecule has 1 aliphatic rings. The largest absolute Gasteiger partial charge is 0.465 e. The maximum absolute atomic E-state index is 12.1. The summed E-state index contributed by atoms with van der Waals surface area (Å²) in [6.45, 7) is 3.86. The van der Waals surface area contributed by atoms with E-state index < -0.39 is 23.5 Å². The standard InChI is InChI=1S/C12H20N2O4S/c1-3-5-12(9(15)17-4-2)6-8(18-10(12)16)7-19-11(13)14/h8H,3-7H2,1-2H3,(H3,13,14)/t8-,12-/m1/s1. The van der Waals surface area contributed by atoms with E-state index in [1.54, 1.807) is 6.92 Å². The fourth-order valence-electron chi connectivity index (χ4n) is 2.22. The van der Waals surface area contributed by atoms with E-state index in [2.05, 4.69) is 0 Å². The molecule has 0 radical (unpaired) electrons. The van der Waals surface area contributed by atoms with Crippen molar-refractivity contribution < 1.29 is 19.1 Å². The zero-order valence-electron chi connectivity index (χ0n) is 11.2. The van der Waals surface area contributed by atoms with Crippen LogP contribution in [0.3, 0.4) is 0 Å². The average molecular weight is 288 g/mol. The molecule has 108 valence electrons. The molecule has 6 nitrogen and oxygen atoms in total. The van der Waals surface area contributed by atoms with Crippen molar-refractivity contribution in [3.63, 3.8) is 0 Å². The monoisotopic (exact) mass is 288 g/mol. The Morgan fingerprint density at radius 2 is 2.32 bits per heavy atom. The number of carbonyl (C=O) groups excluding carboxylic acids is 2. The van der Waals surface area contributed by atoms with Crippen LogP contribution in [0.25, 0.3) is 0 Å². The fraction of sp³-hybridized carbons (Fsp3) is 0.750. The van der Waals surface area contributed by atoms with Crippen molar-refractivity contribution >= 4 is 28.9 Å². The van der Waals surface area contributed by atoms with Crippen molar-refractivity contribution in [2.45, 2.75) is 39.2 Å². The van der Waals surface area contributed by atoms with Gasteiger partial charge in [0.25, 0.3) is 0 Å². The summed E-state index contributed by atoms with van der Waals surface area (Å²) in [6, 6.07) is 0. The first-order chi connectivity index (χ1) is 8.96. The topological polar surface area (TPSA) is 102 Å². The summed E-state index contributed by atoms with van der Waals surface area (Å²) in [5, 5.41) is 7.12. The minimum atomic E-state index is -1.17. The van der Waals surface area contributed by atoms with Crippen LogP contribution in [-0.4, -0.2) is 35.6 Å². The Labute approximate surface area is 116 Å². The molecular weight excluding hydrogens is 268 g/mol. The SMILES string of the molecule is CCC[C@]1(C(=O)OCC)C[C@H](CSC(=N)N)OC1=O. The normalized spacial score (nSPS) is 26.0. The number of carbonyl (C=O) groups is 2. The minimum absolute atomic E-state index is 0.0276. The van der Waals surface area contributed by atoms with E-state index in [9.17, 15) is 9.59 Å². The molecule has 0 aliphatic carbocycles. The predicted octanol–water partition coefficient (Wildman–Crippen LogP) is 1.28. The summed E-state index contributed by atoms with van der Waals surface area (Å²) < 4.78 is 10.2. The summed E-state index contributed by atoms with van der Waals surface area (Å²) >= 11 is 1.11. The van der Waals surface area contributed by atoms with Crippen LogP contribution in [0.15, 0.2) is 0 Å². The quantitative estimate of drug-likeness (QED) is 0.330. The van der Waals surface area contributed by atoms with Gasteiger partial charge >= 0.3 is 11.9 Å². The van der Waals surface area contributed by atoms with Gasteiger partial charge in [-0.25, -0.2) is 0 Å². The van der Waals surface area contributed by atoms with Gasteiger partial charge in [0.1, 0.15) is 6.10 Å². The van der Waals surface area contributed by atoms with Gasteiger partial charge in [-0.15, -0.1) is 0 Å². The molecule has 0 amide bonds. The number of amidine groups is 1. The Morgan fingerprint density at radius 3 is 2.84 bits per heavy atom. The van der Waals surface area contributed by atoms with E-state index in [0.29, 0.717) is 25.0 Å². The zero-order chi connectivity index (χ0) is 14.5. The Morgan fingerprint density at radius 1 is 1.63 bits per heavy atom. The van der Waals surface area contributed by atoms with E-state index >= 15 is 0 Å². The smallest absolute Gasteiger partial charge is 0.323 e. The van der Waals surface area contributed by atoms with Gasteiger partial charge in [-0.2, -0.15) is 0 Å². The first-order valence-corrected chi connectivity index (χ1v) is 7.30. The second kappa shape index (κ2) is 6.79. The van der Waals surface area contributed by atoms with Gasteiger partial charge in [-0.1, -0.05) is 25.1 Å². The van der Waals surface area contributed by atoms with E-state index in [1.807, 2.05) is 6.92 Å². The second-order valence-corrected chi connectivity index (χ2v) is 5.52. The molecule has 0 bridgehead atoms. The number of esters is 2. The van der Waals surface area contributed by atoms with Crippen LogP contribution in [0.1, 0.15) is 33.1 Å². The number of hydrogen-bond acceptors (Lipinski definition) is 6.